The van der Waals surface area contributed by atoms with Gasteiger partial charge in [0, 0.05) is 5.39 Å². The van der Waals surface area contributed by atoms with E-state index in [0.29, 0.717) is 16.5 Å². The van der Waals surface area contributed by atoms with Gasteiger partial charge in [-0.25, -0.2) is 4.79 Å². The summed E-state index contributed by atoms with van der Waals surface area (Å²) in [4.78, 5) is 12.3. The van der Waals surface area contributed by atoms with Gasteiger partial charge in [-0.05, 0) is 25.5 Å². The molecule has 116 valence electrons. The Labute approximate surface area is 127 Å². The molecule has 0 bridgehead atoms. The highest BCUT2D eigenvalue weighted by Gasteiger charge is 2.35. The lowest BCUT2D eigenvalue weighted by molar-refractivity contribution is 0.229. The Balaban J connectivity index is 2.84. The fourth-order valence-corrected chi connectivity index (χ4v) is 4.06. The number of nitrogens with zero attached hydrogens (tertiary/aromatic N) is 1. The van der Waals surface area contributed by atoms with Crippen molar-refractivity contribution in [2.75, 3.05) is 13.2 Å². The highest BCUT2D eigenvalue weighted by molar-refractivity contribution is 7.62. The topological polar surface area (TPSA) is 89.5 Å². The molecule has 0 aliphatic heterocycles. The van der Waals surface area contributed by atoms with Crippen molar-refractivity contribution in [3.8, 4) is 6.07 Å². The summed E-state index contributed by atoms with van der Waals surface area (Å²) >= 11 is 0. The number of hydrogen-bond acceptors (Lipinski definition) is 6. The van der Waals surface area contributed by atoms with Crippen LogP contribution in [-0.4, -0.2) is 13.2 Å². The summed E-state index contributed by atoms with van der Waals surface area (Å²) in [5.41, 5.74) is -0.130. The van der Waals surface area contributed by atoms with Gasteiger partial charge in [-0.3, -0.25) is 4.57 Å². The molecule has 6 nitrogen and oxygen atoms in total. The zero-order valence-corrected chi connectivity index (χ0v) is 13.3. The van der Waals surface area contributed by atoms with Crippen LogP contribution in [0.15, 0.2) is 33.5 Å². The Kier molecular flexibility index (Phi) is 5.15. The maximum atomic E-state index is 13.0. The van der Waals surface area contributed by atoms with Crippen LogP contribution < -0.4 is 10.9 Å². The molecule has 0 spiro atoms. The molecule has 0 fully saturated rings. The first-order valence-electron chi connectivity index (χ1n) is 6.88. The average Bonchev–Trinajstić information content (AvgIpc) is 2.47. The third-order valence-electron chi connectivity index (χ3n) is 3.02. The lowest BCUT2D eigenvalue weighted by atomic mass is 10.1. The van der Waals surface area contributed by atoms with Crippen LogP contribution in [0.25, 0.3) is 11.0 Å². The largest absolute Gasteiger partial charge is 0.422 e. The molecule has 0 N–H and O–H groups in total. The van der Waals surface area contributed by atoms with Gasteiger partial charge in [-0.15, -0.1) is 0 Å². The summed E-state index contributed by atoms with van der Waals surface area (Å²) in [5, 5.41) is 9.44. The minimum Gasteiger partial charge on any atom is -0.422 e. The molecular weight excluding hydrogens is 305 g/mol. The first kappa shape index (κ1) is 16.4. The van der Waals surface area contributed by atoms with Crippen LogP contribution in [-0.2, 0) is 20.0 Å². The maximum Gasteiger partial charge on any atom is 0.369 e. The van der Waals surface area contributed by atoms with Gasteiger partial charge in [0.25, 0.3) is 0 Å². The molecule has 2 rings (SSSR count). The molecule has 7 heteroatoms. The third kappa shape index (κ3) is 2.97. The zero-order chi connectivity index (χ0) is 16.2. The van der Waals surface area contributed by atoms with Crippen molar-refractivity contribution >= 4 is 23.9 Å². The fraction of sp³-hybridized carbons (Fsp3) is 0.333. The van der Waals surface area contributed by atoms with Gasteiger partial charge in [-0.2, -0.15) is 5.26 Å². The molecule has 22 heavy (non-hydrogen) atoms. The van der Waals surface area contributed by atoms with Crippen molar-refractivity contribution in [3.05, 3.63) is 40.2 Å². The van der Waals surface area contributed by atoms with E-state index in [1.165, 1.54) is 0 Å². The quantitative estimate of drug-likeness (QED) is 0.600. The molecular formula is C15H16NO5P. The van der Waals surface area contributed by atoms with Crippen molar-refractivity contribution < 1.29 is 18.0 Å². The lowest BCUT2D eigenvalue weighted by Gasteiger charge is -2.18. The summed E-state index contributed by atoms with van der Waals surface area (Å²) in [6.07, 6.45) is -0.0917. The highest BCUT2D eigenvalue weighted by atomic mass is 31.2. The Morgan fingerprint density at radius 3 is 2.45 bits per heavy atom. The minimum absolute atomic E-state index is 0.0917. The number of rotatable bonds is 6. The Morgan fingerprint density at radius 1 is 1.23 bits per heavy atom. The zero-order valence-electron chi connectivity index (χ0n) is 12.4. The van der Waals surface area contributed by atoms with Crippen molar-refractivity contribution in [2.45, 2.75) is 20.3 Å². The molecule has 2 aromatic rings. The first-order valence-corrected chi connectivity index (χ1v) is 8.43. The van der Waals surface area contributed by atoms with Gasteiger partial charge < -0.3 is 13.5 Å². The van der Waals surface area contributed by atoms with Gasteiger partial charge in [0.15, 0.2) is 5.30 Å². The van der Waals surface area contributed by atoms with Crippen LogP contribution in [0.1, 0.15) is 19.4 Å². The van der Waals surface area contributed by atoms with E-state index in [-0.39, 0.29) is 24.9 Å². The number of nitriles is 1. The molecule has 1 heterocycles. The summed E-state index contributed by atoms with van der Waals surface area (Å²) in [7, 11) is -3.84. The SMILES string of the molecule is CCOP(=O)(OCC)c1c(CC#N)c2ccccc2oc1=O. The molecule has 1 aromatic carbocycles. The number of hydrogen-bond donors (Lipinski definition) is 0. The molecule has 0 atom stereocenters. The Morgan fingerprint density at radius 2 is 1.86 bits per heavy atom. The van der Waals surface area contributed by atoms with Gasteiger partial charge in [-0.1, -0.05) is 18.2 Å². The number of benzene rings is 1. The standard InChI is InChI=1S/C15H16NO5P/c1-3-19-22(18,20-4-2)14-12(9-10-16)11-7-5-6-8-13(11)21-15(14)17/h5-8H,3-4,9H2,1-2H3. The van der Waals surface area contributed by atoms with E-state index >= 15 is 0 Å². The average molecular weight is 321 g/mol. The van der Waals surface area contributed by atoms with Crippen molar-refractivity contribution in [1.29, 1.82) is 5.26 Å². The monoisotopic (exact) mass is 321 g/mol. The fourth-order valence-electron chi connectivity index (χ4n) is 2.25. The van der Waals surface area contributed by atoms with E-state index in [0.717, 1.165) is 0 Å². The van der Waals surface area contributed by atoms with Crippen LogP contribution in [0.2, 0.25) is 0 Å². The van der Waals surface area contributed by atoms with Gasteiger partial charge in [0.2, 0.25) is 0 Å². The van der Waals surface area contributed by atoms with Crippen molar-refractivity contribution in [1.82, 2.24) is 0 Å². The van der Waals surface area contributed by atoms with E-state index in [1.807, 2.05) is 6.07 Å². The van der Waals surface area contributed by atoms with Crippen LogP contribution in [0.5, 0.6) is 0 Å². The van der Waals surface area contributed by atoms with Gasteiger partial charge in [0.1, 0.15) is 5.58 Å². The van der Waals surface area contributed by atoms with Crippen molar-refractivity contribution in [3.63, 3.8) is 0 Å². The molecule has 0 saturated carbocycles. The molecule has 1 aromatic heterocycles. The summed E-state index contributed by atoms with van der Waals surface area (Å²) in [5.74, 6) is 0. The first-order chi connectivity index (χ1) is 10.6. The van der Waals surface area contributed by atoms with E-state index in [1.54, 1.807) is 38.1 Å². The van der Waals surface area contributed by atoms with E-state index < -0.39 is 13.2 Å². The van der Waals surface area contributed by atoms with Crippen LogP contribution in [0.4, 0.5) is 0 Å². The Bertz CT molecular complexity index is 811. The predicted octanol–water partition coefficient (Wildman–Crippen LogP) is 2.75. The van der Waals surface area contributed by atoms with Gasteiger partial charge in [0.05, 0.1) is 25.7 Å². The highest BCUT2D eigenvalue weighted by Crippen LogP contribution is 2.47. The summed E-state index contributed by atoms with van der Waals surface area (Å²) in [6, 6.07) is 8.77. The van der Waals surface area contributed by atoms with Crippen LogP contribution in [0.3, 0.4) is 0 Å². The second kappa shape index (κ2) is 6.89. The van der Waals surface area contributed by atoms with E-state index in [2.05, 4.69) is 0 Å². The summed E-state index contributed by atoms with van der Waals surface area (Å²) < 4.78 is 28.7. The molecule has 0 amide bonds. The second-order valence-electron chi connectivity index (χ2n) is 4.38. The second-order valence-corrected chi connectivity index (χ2v) is 6.34. The third-order valence-corrected chi connectivity index (χ3v) is 5.22. The van der Waals surface area contributed by atoms with E-state index in [9.17, 15) is 9.36 Å². The normalized spacial score (nSPS) is 11.5. The molecule has 0 radical (unpaired) electrons. The van der Waals surface area contributed by atoms with Crippen LogP contribution >= 0.6 is 7.60 Å². The lowest BCUT2D eigenvalue weighted by Crippen LogP contribution is -2.30. The predicted molar refractivity (Wildman–Crippen MR) is 82.3 cm³/mol. The molecule has 0 aliphatic carbocycles. The van der Waals surface area contributed by atoms with Crippen LogP contribution in [0, 0.1) is 11.3 Å². The smallest absolute Gasteiger partial charge is 0.369 e. The number of fused-ring (bicyclic) bond motifs is 1. The van der Waals surface area contributed by atoms with Gasteiger partial charge >= 0.3 is 13.2 Å². The molecule has 0 saturated heterocycles. The number of para-hydroxylation sites is 1. The van der Waals surface area contributed by atoms with E-state index in [4.69, 9.17) is 18.7 Å². The van der Waals surface area contributed by atoms with Crippen molar-refractivity contribution in [2.24, 2.45) is 0 Å². The minimum atomic E-state index is -3.84. The summed E-state index contributed by atoms with van der Waals surface area (Å²) in [6.45, 7) is 3.52. The molecule has 0 aliphatic rings. The Hall–Kier alpha value is -1.93. The molecule has 0 unspecified atom stereocenters. The maximum absolute atomic E-state index is 13.0.